The highest BCUT2D eigenvalue weighted by Crippen LogP contribution is 2.34. The van der Waals surface area contributed by atoms with Crippen LogP contribution in [0.3, 0.4) is 0 Å². The van der Waals surface area contributed by atoms with Crippen molar-refractivity contribution in [2.24, 2.45) is 0 Å². The van der Waals surface area contributed by atoms with Gasteiger partial charge < -0.3 is 9.84 Å². The highest BCUT2D eigenvalue weighted by atomic mass is 32.2. The molecule has 0 radical (unpaired) electrons. The van der Waals surface area contributed by atoms with Gasteiger partial charge in [0.15, 0.2) is 0 Å². The van der Waals surface area contributed by atoms with Crippen LogP contribution in [0.15, 0.2) is 23.1 Å². The van der Waals surface area contributed by atoms with Crippen LogP contribution in [-0.4, -0.2) is 17.7 Å². The van der Waals surface area contributed by atoms with Crippen LogP contribution in [0.1, 0.15) is 18.4 Å². The number of hydrogen-bond donors (Lipinski definition) is 1. The Balaban J connectivity index is 2.31. The molecule has 0 aromatic heterocycles. The molecule has 0 spiro atoms. The lowest BCUT2D eigenvalue weighted by Crippen LogP contribution is -1.97. The second-order valence-electron chi connectivity index (χ2n) is 3.44. The second-order valence-corrected chi connectivity index (χ2v) is 4.66. The summed E-state index contributed by atoms with van der Waals surface area (Å²) in [5, 5.41) is 9.59. The first kappa shape index (κ1) is 9.87. The molecule has 0 aliphatic carbocycles. The number of hydrogen-bond acceptors (Lipinski definition) is 3. The predicted octanol–water partition coefficient (Wildman–Crippen LogP) is 2.44. The molecule has 2 rings (SSSR count). The average Bonchev–Trinajstić information content (AvgIpc) is 2.37. The number of fused-ring (bicyclic) bond motifs is 1. The normalized spacial score (nSPS) is 21.1. The molecule has 1 aliphatic heterocycles. The molecule has 1 N–H and O–H groups in total. The topological polar surface area (TPSA) is 29.5 Å². The van der Waals surface area contributed by atoms with Crippen molar-refractivity contribution < 1.29 is 9.84 Å². The zero-order chi connectivity index (χ0) is 9.97. The van der Waals surface area contributed by atoms with Gasteiger partial charge in [-0.25, -0.2) is 0 Å². The maximum Gasteiger partial charge on any atom is 0.119 e. The van der Waals surface area contributed by atoms with Gasteiger partial charge in [-0.15, -0.1) is 0 Å². The van der Waals surface area contributed by atoms with Gasteiger partial charge >= 0.3 is 0 Å². The Kier molecular flexibility index (Phi) is 2.99. The van der Waals surface area contributed by atoms with E-state index in [1.165, 1.54) is 10.5 Å². The van der Waals surface area contributed by atoms with Crippen LogP contribution >= 0.6 is 11.8 Å². The molecule has 0 saturated carbocycles. The first-order chi connectivity index (χ1) is 6.79. The van der Waals surface area contributed by atoms with Gasteiger partial charge in [0.1, 0.15) is 11.2 Å². The van der Waals surface area contributed by atoms with Crippen molar-refractivity contribution in [3.05, 3.63) is 23.8 Å². The quantitative estimate of drug-likeness (QED) is 0.772. The number of benzene rings is 1. The molecular weight excluding hydrogens is 196 g/mol. The lowest BCUT2D eigenvalue weighted by molar-refractivity contribution is 0.251. The Bertz CT molecular complexity index is 325. The van der Waals surface area contributed by atoms with Crippen molar-refractivity contribution in [1.29, 1.82) is 0 Å². The molecule has 0 fully saturated rings. The summed E-state index contributed by atoms with van der Waals surface area (Å²) in [4.78, 5) is 1.19. The largest absolute Gasteiger partial charge is 0.497 e. The minimum atomic E-state index is -0.246. The van der Waals surface area contributed by atoms with E-state index < -0.39 is 0 Å². The van der Waals surface area contributed by atoms with Gasteiger partial charge in [-0.05, 0) is 43.0 Å². The lowest BCUT2D eigenvalue weighted by Gasteiger charge is -2.08. The number of aliphatic hydroxyl groups is 1. The monoisotopic (exact) mass is 210 g/mol. The van der Waals surface area contributed by atoms with Crippen molar-refractivity contribution in [3.8, 4) is 5.75 Å². The smallest absolute Gasteiger partial charge is 0.119 e. The number of rotatable bonds is 1. The molecule has 2 nitrogen and oxygen atoms in total. The van der Waals surface area contributed by atoms with Gasteiger partial charge in [0, 0.05) is 4.90 Å². The van der Waals surface area contributed by atoms with Gasteiger partial charge in [0.25, 0.3) is 0 Å². The van der Waals surface area contributed by atoms with Gasteiger partial charge in [0.05, 0.1) is 7.11 Å². The van der Waals surface area contributed by atoms with Gasteiger partial charge in [0.2, 0.25) is 0 Å². The number of thioether (sulfide) groups is 1. The van der Waals surface area contributed by atoms with Gasteiger partial charge in [-0.3, -0.25) is 0 Å². The average molecular weight is 210 g/mol. The zero-order valence-corrected chi connectivity index (χ0v) is 9.01. The predicted molar refractivity (Wildman–Crippen MR) is 57.8 cm³/mol. The van der Waals surface area contributed by atoms with E-state index in [4.69, 9.17) is 4.74 Å². The molecule has 1 heterocycles. The van der Waals surface area contributed by atoms with Crippen molar-refractivity contribution in [1.82, 2.24) is 0 Å². The maximum atomic E-state index is 9.59. The summed E-state index contributed by atoms with van der Waals surface area (Å²) in [7, 11) is 1.68. The third-order valence-corrected chi connectivity index (χ3v) is 3.59. The molecule has 1 aliphatic rings. The minimum absolute atomic E-state index is 0.246. The Morgan fingerprint density at radius 3 is 3.14 bits per heavy atom. The van der Waals surface area contributed by atoms with E-state index in [9.17, 15) is 5.11 Å². The second kappa shape index (κ2) is 4.24. The fraction of sp³-hybridized carbons (Fsp3) is 0.455. The van der Waals surface area contributed by atoms with E-state index in [1.807, 2.05) is 12.1 Å². The standard InChI is InChI=1S/C11H14O2S/c1-13-9-5-6-10-8(7-9)3-2-4-11(12)14-10/h5-7,11-12H,2-4H2,1H3. The van der Waals surface area contributed by atoms with Crippen molar-refractivity contribution in [2.75, 3.05) is 7.11 Å². The van der Waals surface area contributed by atoms with E-state index >= 15 is 0 Å². The molecule has 3 heteroatoms. The Labute approximate surface area is 88.3 Å². The van der Waals surface area contributed by atoms with E-state index in [-0.39, 0.29) is 5.44 Å². The molecular formula is C11H14O2S. The van der Waals surface area contributed by atoms with E-state index in [2.05, 4.69) is 6.07 Å². The zero-order valence-electron chi connectivity index (χ0n) is 8.19. The summed E-state index contributed by atoms with van der Waals surface area (Å²) in [6.45, 7) is 0. The van der Waals surface area contributed by atoms with Crippen LogP contribution in [-0.2, 0) is 6.42 Å². The molecule has 14 heavy (non-hydrogen) atoms. The van der Waals surface area contributed by atoms with Crippen molar-refractivity contribution in [2.45, 2.75) is 29.6 Å². The SMILES string of the molecule is COc1ccc2c(c1)CCCC(O)S2. The van der Waals surface area contributed by atoms with Crippen LogP contribution in [0, 0.1) is 0 Å². The third kappa shape index (κ3) is 2.04. The van der Waals surface area contributed by atoms with Crippen LogP contribution in [0.2, 0.25) is 0 Å². The molecule has 1 aromatic carbocycles. The summed E-state index contributed by atoms with van der Waals surface area (Å²) in [5.41, 5.74) is 1.05. The first-order valence-corrected chi connectivity index (χ1v) is 5.69. The maximum absolute atomic E-state index is 9.59. The van der Waals surface area contributed by atoms with Crippen LogP contribution in [0.4, 0.5) is 0 Å². The van der Waals surface area contributed by atoms with Gasteiger partial charge in [-0.1, -0.05) is 11.8 Å². The number of methoxy groups -OCH3 is 1. The molecule has 1 aromatic rings. The number of aryl methyl sites for hydroxylation is 1. The van der Waals surface area contributed by atoms with Crippen LogP contribution < -0.4 is 4.74 Å². The Morgan fingerprint density at radius 2 is 2.36 bits per heavy atom. The molecule has 76 valence electrons. The Morgan fingerprint density at radius 1 is 1.50 bits per heavy atom. The van der Waals surface area contributed by atoms with Crippen LogP contribution in [0.5, 0.6) is 5.75 Å². The fourth-order valence-electron chi connectivity index (χ4n) is 1.67. The first-order valence-electron chi connectivity index (χ1n) is 4.81. The van der Waals surface area contributed by atoms with E-state index in [0.29, 0.717) is 0 Å². The summed E-state index contributed by atoms with van der Waals surface area (Å²) in [6, 6.07) is 6.05. The van der Waals surface area contributed by atoms with Crippen LogP contribution in [0.25, 0.3) is 0 Å². The van der Waals surface area contributed by atoms with E-state index in [1.54, 1.807) is 18.9 Å². The minimum Gasteiger partial charge on any atom is -0.497 e. The number of ether oxygens (including phenoxy) is 1. The summed E-state index contributed by atoms with van der Waals surface area (Å²) < 4.78 is 5.18. The van der Waals surface area contributed by atoms with Crippen molar-refractivity contribution in [3.63, 3.8) is 0 Å². The summed E-state index contributed by atoms with van der Waals surface area (Å²) >= 11 is 1.55. The molecule has 0 bridgehead atoms. The third-order valence-electron chi connectivity index (χ3n) is 2.43. The molecule has 1 atom stereocenters. The van der Waals surface area contributed by atoms with E-state index in [0.717, 1.165) is 25.0 Å². The fourth-order valence-corrected chi connectivity index (χ4v) is 2.70. The summed E-state index contributed by atoms with van der Waals surface area (Å²) in [5.74, 6) is 0.903. The van der Waals surface area contributed by atoms with Crippen molar-refractivity contribution >= 4 is 11.8 Å². The number of aliphatic hydroxyl groups excluding tert-OH is 1. The lowest BCUT2D eigenvalue weighted by atomic mass is 10.1. The highest BCUT2D eigenvalue weighted by Gasteiger charge is 2.15. The molecule has 0 saturated heterocycles. The molecule has 1 unspecified atom stereocenters. The van der Waals surface area contributed by atoms with Gasteiger partial charge in [-0.2, -0.15) is 0 Å². The molecule has 0 amide bonds. The summed E-state index contributed by atoms with van der Waals surface area (Å²) in [6.07, 6.45) is 2.96. The Hall–Kier alpha value is -0.670. The highest BCUT2D eigenvalue weighted by molar-refractivity contribution is 7.99.